The van der Waals surface area contributed by atoms with Crippen LogP contribution in [0, 0.1) is 40.8 Å². The van der Waals surface area contributed by atoms with Gasteiger partial charge in [-0.25, -0.2) is 0 Å². The maximum Gasteiger partial charge on any atom is 0 e. The first-order chi connectivity index (χ1) is 24.2. The molecule has 0 spiro atoms. The van der Waals surface area contributed by atoms with Crippen LogP contribution in [0.4, 0.5) is 0 Å². The molecular formula is C47H50GeIrN2O-2. The van der Waals surface area contributed by atoms with Crippen molar-refractivity contribution in [1.29, 1.82) is 0 Å². The van der Waals surface area contributed by atoms with Gasteiger partial charge in [-0.15, -0.1) is 6.07 Å². The Morgan fingerprint density at radius 1 is 0.673 bits per heavy atom. The number of nitrogens with zero attached hydrogens (tertiary/aromatic N) is 2. The maximum absolute atomic E-state index is 6.50. The molecule has 0 fully saturated rings. The van der Waals surface area contributed by atoms with Gasteiger partial charge in [0.1, 0.15) is 5.58 Å². The van der Waals surface area contributed by atoms with Crippen molar-refractivity contribution in [3.63, 3.8) is 0 Å². The van der Waals surface area contributed by atoms with E-state index in [-0.39, 0.29) is 20.1 Å². The molecule has 3 nitrogen and oxygen atoms in total. The zero-order valence-corrected chi connectivity index (χ0v) is 36.1. The second-order valence-corrected chi connectivity index (χ2v) is 25.7. The molecule has 0 N–H and O–H groups in total. The molecule has 0 bridgehead atoms. The number of hydrogen-bond donors (Lipinski definition) is 0. The molecule has 0 aliphatic rings. The first-order valence-electron chi connectivity index (χ1n) is 17.8. The number of rotatable bonds is 6. The van der Waals surface area contributed by atoms with E-state index < -0.39 is 13.3 Å². The summed E-state index contributed by atoms with van der Waals surface area (Å²) in [6.45, 7) is 17.4. The standard InChI is InChI=1S/C30H28NO.C17H22GeN.Ir/c1-19(2)21(4)23-15-16-31(5)27(17-23)29-20(3)11-13-26-25-14-12-24(18-28(25)32-30(26)29)22-9-7-6-8-10-22;1-13-9-7-8-10-15(13)17-11-14(2)16(12-19(17)6)18(3,4)5;/h6-19,21H,3,5H2,1-2,4H3;7-12H,1,6H2,2-5H3;/q2*-1;. The number of aromatic nitrogens is 2. The number of aryl methyl sites for hydroxylation is 1. The molecule has 0 aliphatic heterocycles. The van der Waals surface area contributed by atoms with Crippen molar-refractivity contribution >= 4 is 39.6 Å². The minimum absolute atomic E-state index is 0. The summed E-state index contributed by atoms with van der Waals surface area (Å²) in [6.07, 6.45) is 4.26. The van der Waals surface area contributed by atoms with Gasteiger partial charge in [-0.1, -0.05) is 80.4 Å². The van der Waals surface area contributed by atoms with E-state index in [1.165, 1.54) is 21.1 Å². The van der Waals surface area contributed by atoms with E-state index in [9.17, 15) is 0 Å². The summed E-state index contributed by atoms with van der Waals surface area (Å²) in [6, 6.07) is 35.9. The second-order valence-electron chi connectivity index (χ2n) is 15.1. The molecule has 1 atom stereocenters. The molecule has 269 valence electrons. The maximum atomic E-state index is 6.50. The Labute approximate surface area is 327 Å². The van der Waals surface area contributed by atoms with Crippen LogP contribution < -0.4 is 13.5 Å². The molecule has 3 aromatic heterocycles. The zero-order valence-electron chi connectivity index (χ0n) is 31.6. The Hall–Kier alpha value is -4.35. The second kappa shape index (κ2) is 15.7. The fourth-order valence-corrected chi connectivity index (χ4v) is 10.7. The number of pyridine rings is 2. The van der Waals surface area contributed by atoms with Gasteiger partial charge in [0.2, 0.25) is 0 Å². The van der Waals surface area contributed by atoms with Crippen LogP contribution in [0.15, 0.2) is 120 Å². The van der Waals surface area contributed by atoms with Gasteiger partial charge in [0.15, 0.2) is 0 Å². The van der Waals surface area contributed by atoms with Crippen LogP contribution in [0.25, 0.3) is 55.6 Å². The van der Waals surface area contributed by atoms with Crippen molar-refractivity contribution in [1.82, 2.24) is 0 Å². The summed E-state index contributed by atoms with van der Waals surface area (Å²) >= 11 is -1.83. The van der Waals surface area contributed by atoms with Crippen LogP contribution in [0.5, 0.6) is 0 Å². The minimum Gasteiger partial charge on any atom is 0 e. The molecule has 0 saturated carbocycles. The zero-order chi connectivity index (χ0) is 36.6. The summed E-state index contributed by atoms with van der Waals surface area (Å²) in [5.74, 6) is 8.25. The Morgan fingerprint density at radius 2 is 1.35 bits per heavy atom. The van der Waals surface area contributed by atoms with E-state index in [0.29, 0.717) is 11.8 Å². The monoisotopic (exact) mass is 925 g/mol. The van der Waals surface area contributed by atoms with E-state index in [1.54, 1.807) is 0 Å². The fourth-order valence-electron chi connectivity index (χ4n) is 6.88. The van der Waals surface area contributed by atoms with Crippen molar-refractivity contribution < 1.29 is 33.7 Å². The summed E-state index contributed by atoms with van der Waals surface area (Å²) in [4.78, 5) is 0. The predicted octanol–water partition coefficient (Wildman–Crippen LogP) is 11.1. The first-order valence-corrected chi connectivity index (χ1v) is 25.1. The van der Waals surface area contributed by atoms with Gasteiger partial charge < -0.3 is 8.98 Å². The van der Waals surface area contributed by atoms with E-state index in [4.69, 9.17) is 4.42 Å². The van der Waals surface area contributed by atoms with E-state index >= 15 is 0 Å². The Morgan fingerprint density at radius 3 is 2.02 bits per heavy atom. The smallest absolute Gasteiger partial charge is 0 e. The van der Waals surface area contributed by atoms with Gasteiger partial charge in [0, 0.05) is 37.9 Å². The van der Waals surface area contributed by atoms with E-state index in [0.717, 1.165) is 61.1 Å². The molecule has 0 amide bonds. The quantitative estimate of drug-likeness (QED) is 0.0925. The largest absolute Gasteiger partial charge is 0 e. The summed E-state index contributed by atoms with van der Waals surface area (Å²) in [5.41, 5.74) is 13.1. The molecule has 7 rings (SSSR count). The molecule has 0 saturated heterocycles. The van der Waals surface area contributed by atoms with Crippen molar-refractivity contribution in [3.8, 4) is 33.6 Å². The first kappa shape index (κ1) is 38.9. The normalized spacial score (nSPS) is 12.0. The van der Waals surface area contributed by atoms with Crippen LogP contribution in [0.1, 0.15) is 48.9 Å². The van der Waals surface area contributed by atoms with E-state index in [2.05, 4.69) is 164 Å². The topological polar surface area (TPSA) is 20.9 Å². The Balaban J connectivity index is 0.000000225. The molecule has 0 aliphatic carbocycles. The SMILES string of the molecule is [CH2-]c1ccc2c(oc3cc(-c4ccccc4)ccc32)c1-c1cc(C(C)C(C)C)cc[n+]1[CH2-].[CH2-]c1ccccc1-c1cc(C)[c]([Ge]([CH3])([CH3])[CH3])c[n+]1[CH2-].[Ir]. The van der Waals surface area contributed by atoms with Crippen LogP contribution in [-0.2, 0) is 20.1 Å². The van der Waals surface area contributed by atoms with Crippen molar-refractivity contribution in [2.45, 2.75) is 50.9 Å². The average Bonchev–Trinajstić information content (AvgIpc) is 3.47. The molecule has 52 heavy (non-hydrogen) atoms. The van der Waals surface area contributed by atoms with Crippen LogP contribution in [0.3, 0.4) is 0 Å². The minimum atomic E-state index is -1.83. The molecule has 7 aromatic rings. The number of fused-ring (bicyclic) bond motifs is 3. The predicted molar refractivity (Wildman–Crippen MR) is 218 cm³/mol. The van der Waals surface area contributed by atoms with Gasteiger partial charge in [-0.05, 0) is 35.1 Å². The Kier molecular flexibility index (Phi) is 11.7. The third-order valence-electron chi connectivity index (χ3n) is 10.2. The molecule has 1 radical (unpaired) electrons. The van der Waals surface area contributed by atoms with Gasteiger partial charge >= 0.3 is 119 Å². The third kappa shape index (κ3) is 7.85. The fraction of sp³-hybridized carbons (Fsp3) is 0.191. The molecular weight excluding hydrogens is 873 g/mol. The Bertz CT molecular complexity index is 2350. The summed E-state index contributed by atoms with van der Waals surface area (Å²) in [7, 11) is 8.42. The van der Waals surface area contributed by atoms with Crippen LogP contribution in [-0.4, -0.2) is 13.3 Å². The summed E-state index contributed by atoms with van der Waals surface area (Å²) in [5, 5.41) is 2.22. The molecule has 5 heteroatoms. The van der Waals surface area contributed by atoms with Gasteiger partial charge in [0.05, 0.1) is 17.5 Å². The number of benzene rings is 4. The van der Waals surface area contributed by atoms with Gasteiger partial charge in [-0.3, -0.25) is 0 Å². The molecule has 3 heterocycles. The third-order valence-corrected chi connectivity index (χ3v) is 14.6. The van der Waals surface area contributed by atoms with E-state index in [1.807, 2.05) is 33.5 Å². The van der Waals surface area contributed by atoms with Crippen LogP contribution >= 0.6 is 0 Å². The molecule has 4 aromatic carbocycles. The van der Waals surface area contributed by atoms with Crippen LogP contribution in [0.2, 0.25) is 17.3 Å². The number of furan rings is 1. The average molecular weight is 924 g/mol. The van der Waals surface area contributed by atoms with Crippen molar-refractivity contribution in [2.75, 3.05) is 0 Å². The van der Waals surface area contributed by atoms with Gasteiger partial charge in [0.25, 0.3) is 0 Å². The molecule has 1 unspecified atom stereocenters. The summed E-state index contributed by atoms with van der Waals surface area (Å²) < 4.78 is 11.9. The number of hydrogen-bond acceptors (Lipinski definition) is 1. The van der Waals surface area contributed by atoms with Crippen molar-refractivity contribution in [2.24, 2.45) is 5.92 Å². The van der Waals surface area contributed by atoms with Crippen molar-refractivity contribution in [3.05, 3.63) is 166 Å². The van der Waals surface area contributed by atoms with Gasteiger partial charge in [-0.2, -0.15) is 18.6 Å².